The monoisotopic (exact) mass is 246 g/mol. The zero-order valence-electron chi connectivity index (χ0n) is 10.4. The van der Waals surface area contributed by atoms with Gasteiger partial charge in [0.05, 0.1) is 25.5 Å². The molecule has 1 fully saturated rings. The molecular weight excluding hydrogens is 228 g/mol. The third kappa shape index (κ3) is 2.31. The molecule has 0 atom stereocenters. The highest BCUT2D eigenvalue weighted by Crippen LogP contribution is 2.28. The topological polar surface area (TPSA) is 55.9 Å². The molecule has 2 aromatic rings. The molecule has 2 heterocycles. The summed E-state index contributed by atoms with van der Waals surface area (Å²) in [5.41, 5.74) is 2.15. The van der Waals surface area contributed by atoms with Gasteiger partial charge in [-0.1, -0.05) is 6.42 Å². The van der Waals surface area contributed by atoms with Gasteiger partial charge in [-0.25, -0.2) is 0 Å². The summed E-state index contributed by atoms with van der Waals surface area (Å²) < 4.78 is 3.78. The van der Waals surface area contributed by atoms with Crippen molar-refractivity contribution in [1.29, 1.82) is 0 Å². The minimum Gasteiger partial charge on any atom is -0.394 e. The van der Waals surface area contributed by atoms with Gasteiger partial charge in [-0.15, -0.1) is 0 Å². The Morgan fingerprint density at radius 3 is 2.39 bits per heavy atom. The first-order valence-corrected chi connectivity index (χ1v) is 6.51. The molecule has 0 bridgehead atoms. The Labute approximate surface area is 106 Å². The molecule has 0 unspecified atom stereocenters. The van der Waals surface area contributed by atoms with E-state index in [2.05, 4.69) is 16.4 Å². The second kappa shape index (κ2) is 4.94. The minimum atomic E-state index is 0.113. The van der Waals surface area contributed by atoms with Crippen molar-refractivity contribution >= 4 is 0 Å². The van der Waals surface area contributed by atoms with E-state index in [0.29, 0.717) is 6.54 Å². The van der Waals surface area contributed by atoms with Crippen LogP contribution in [0.15, 0.2) is 24.8 Å². The van der Waals surface area contributed by atoms with E-state index in [0.717, 1.165) is 23.6 Å². The fourth-order valence-electron chi connectivity index (χ4n) is 2.29. The zero-order valence-corrected chi connectivity index (χ0v) is 10.4. The fraction of sp³-hybridized carbons (Fsp3) is 0.538. The lowest BCUT2D eigenvalue weighted by molar-refractivity contribution is 0.266. The second-order valence-corrected chi connectivity index (χ2v) is 4.96. The van der Waals surface area contributed by atoms with Gasteiger partial charge in [-0.05, 0) is 18.8 Å². The molecule has 0 radical (unpaired) electrons. The summed E-state index contributed by atoms with van der Waals surface area (Å²) >= 11 is 0. The van der Waals surface area contributed by atoms with Gasteiger partial charge in [0.1, 0.15) is 0 Å². The molecule has 1 aliphatic carbocycles. The largest absolute Gasteiger partial charge is 0.394 e. The highest BCUT2D eigenvalue weighted by atomic mass is 16.3. The van der Waals surface area contributed by atoms with E-state index in [4.69, 9.17) is 5.11 Å². The Hall–Kier alpha value is -1.62. The van der Waals surface area contributed by atoms with E-state index >= 15 is 0 Å². The molecule has 0 saturated heterocycles. The molecule has 2 aromatic heterocycles. The van der Waals surface area contributed by atoms with E-state index in [-0.39, 0.29) is 6.61 Å². The first-order valence-electron chi connectivity index (χ1n) is 6.51. The number of hydrogen-bond acceptors (Lipinski definition) is 3. The van der Waals surface area contributed by atoms with Crippen molar-refractivity contribution in [2.24, 2.45) is 5.92 Å². The van der Waals surface area contributed by atoms with E-state index in [1.54, 1.807) is 4.68 Å². The molecule has 18 heavy (non-hydrogen) atoms. The van der Waals surface area contributed by atoms with Crippen LogP contribution >= 0.6 is 0 Å². The summed E-state index contributed by atoms with van der Waals surface area (Å²) in [6, 6.07) is 0. The van der Waals surface area contributed by atoms with Gasteiger partial charge in [-0.3, -0.25) is 9.36 Å². The summed E-state index contributed by atoms with van der Waals surface area (Å²) in [7, 11) is 0. The Balaban J connectivity index is 1.70. The van der Waals surface area contributed by atoms with E-state index < -0.39 is 0 Å². The van der Waals surface area contributed by atoms with Crippen molar-refractivity contribution < 1.29 is 5.11 Å². The van der Waals surface area contributed by atoms with Crippen LogP contribution in [-0.2, 0) is 13.1 Å². The Morgan fingerprint density at radius 1 is 1.11 bits per heavy atom. The average molecular weight is 246 g/mol. The molecule has 0 spiro atoms. The third-order valence-corrected chi connectivity index (χ3v) is 3.60. The first kappa shape index (κ1) is 11.5. The highest BCUT2D eigenvalue weighted by Gasteiger charge is 2.18. The summed E-state index contributed by atoms with van der Waals surface area (Å²) in [5, 5.41) is 17.5. The molecular formula is C13H18N4O. The predicted octanol–water partition coefficient (Wildman–Crippen LogP) is 1.54. The number of hydrogen-bond donors (Lipinski definition) is 1. The molecule has 0 aromatic carbocycles. The van der Waals surface area contributed by atoms with Crippen LogP contribution in [0.2, 0.25) is 0 Å². The van der Waals surface area contributed by atoms with Gasteiger partial charge in [0, 0.05) is 30.1 Å². The highest BCUT2D eigenvalue weighted by molar-refractivity contribution is 5.59. The van der Waals surface area contributed by atoms with Crippen LogP contribution in [0, 0.1) is 5.92 Å². The van der Waals surface area contributed by atoms with Gasteiger partial charge in [-0.2, -0.15) is 10.2 Å². The van der Waals surface area contributed by atoms with Crippen LogP contribution in [0.4, 0.5) is 0 Å². The van der Waals surface area contributed by atoms with E-state index in [1.165, 1.54) is 19.3 Å². The van der Waals surface area contributed by atoms with E-state index in [1.807, 2.05) is 23.3 Å². The number of aliphatic hydroxyl groups is 1. The van der Waals surface area contributed by atoms with Crippen LogP contribution in [0.3, 0.4) is 0 Å². The fourth-order valence-corrected chi connectivity index (χ4v) is 2.29. The summed E-state index contributed by atoms with van der Waals surface area (Å²) in [4.78, 5) is 0. The van der Waals surface area contributed by atoms with Crippen molar-refractivity contribution in [3.8, 4) is 11.1 Å². The summed E-state index contributed by atoms with van der Waals surface area (Å²) in [6.45, 7) is 1.68. The molecule has 0 amide bonds. The quantitative estimate of drug-likeness (QED) is 0.870. The van der Waals surface area contributed by atoms with Crippen LogP contribution in [-0.4, -0.2) is 31.3 Å². The van der Waals surface area contributed by atoms with Crippen molar-refractivity contribution in [2.45, 2.75) is 32.4 Å². The smallest absolute Gasteiger partial charge is 0.0641 e. The van der Waals surface area contributed by atoms with Gasteiger partial charge >= 0.3 is 0 Å². The maximum absolute atomic E-state index is 8.86. The number of rotatable bonds is 5. The normalized spacial score (nSPS) is 15.8. The molecule has 1 saturated carbocycles. The molecule has 3 rings (SSSR count). The zero-order chi connectivity index (χ0) is 12.4. The van der Waals surface area contributed by atoms with Crippen LogP contribution < -0.4 is 0 Å². The van der Waals surface area contributed by atoms with Crippen molar-refractivity contribution in [2.75, 3.05) is 6.61 Å². The Bertz CT molecular complexity index is 513. The number of nitrogens with zero attached hydrogens (tertiary/aromatic N) is 4. The molecule has 96 valence electrons. The maximum Gasteiger partial charge on any atom is 0.0641 e. The van der Waals surface area contributed by atoms with Crippen LogP contribution in [0.1, 0.15) is 19.3 Å². The molecule has 5 heteroatoms. The van der Waals surface area contributed by atoms with Gasteiger partial charge in [0.2, 0.25) is 0 Å². The van der Waals surface area contributed by atoms with Crippen molar-refractivity contribution in [3.63, 3.8) is 0 Å². The Morgan fingerprint density at radius 2 is 1.78 bits per heavy atom. The lowest BCUT2D eigenvalue weighted by Gasteiger charge is -2.24. The third-order valence-electron chi connectivity index (χ3n) is 3.60. The van der Waals surface area contributed by atoms with Crippen molar-refractivity contribution in [3.05, 3.63) is 24.8 Å². The average Bonchev–Trinajstić information content (AvgIpc) is 2.92. The van der Waals surface area contributed by atoms with Crippen molar-refractivity contribution in [1.82, 2.24) is 19.6 Å². The second-order valence-electron chi connectivity index (χ2n) is 4.96. The molecule has 0 aliphatic heterocycles. The van der Waals surface area contributed by atoms with Gasteiger partial charge in [0.15, 0.2) is 0 Å². The van der Waals surface area contributed by atoms with Crippen LogP contribution in [0.25, 0.3) is 11.1 Å². The van der Waals surface area contributed by atoms with Gasteiger partial charge in [0.25, 0.3) is 0 Å². The van der Waals surface area contributed by atoms with Gasteiger partial charge < -0.3 is 5.11 Å². The number of aliphatic hydroxyl groups excluding tert-OH is 1. The van der Waals surface area contributed by atoms with Crippen LogP contribution in [0.5, 0.6) is 0 Å². The summed E-state index contributed by atoms with van der Waals surface area (Å²) in [6.07, 6.45) is 11.8. The lowest BCUT2D eigenvalue weighted by atomic mass is 9.85. The number of aromatic nitrogens is 4. The predicted molar refractivity (Wildman–Crippen MR) is 67.9 cm³/mol. The lowest BCUT2D eigenvalue weighted by Crippen LogP contribution is -2.18. The maximum atomic E-state index is 8.86. The molecule has 1 N–H and O–H groups in total. The molecule has 1 aliphatic rings. The Kier molecular flexibility index (Phi) is 3.15. The minimum absolute atomic E-state index is 0.113. The standard InChI is InChI=1S/C13H18N4O/c18-5-4-16-9-12(6-14-16)13-7-15-17(10-13)8-11-2-1-3-11/h6-7,9-11,18H,1-5,8H2. The first-order chi connectivity index (χ1) is 8.85. The van der Waals surface area contributed by atoms with E-state index in [9.17, 15) is 0 Å². The SMILES string of the molecule is OCCn1cc(-c2cnn(CC3CCC3)c2)cn1. The summed E-state index contributed by atoms with van der Waals surface area (Å²) in [5.74, 6) is 0.815. The molecule has 5 nitrogen and oxygen atoms in total.